The van der Waals surface area contributed by atoms with Crippen molar-refractivity contribution in [3.8, 4) is 11.5 Å². The van der Waals surface area contributed by atoms with Crippen LogP contribution in [0.5, 0.6) is 11.5 Å². The Labute approximate surface area is 196 Å². The van der Waals surface area contributed by atoms with E-state index in [1.54, 1.807) is 14.2 Å². The first-order chi connectivity index (χ1) is 14.1. The summed E-state index contributed by atoms with van der Waals surface area (Å²) in [6, 6.07) is 8.07. The van der Waals surface area contributed by atoms with Gasteiger partial charge in [0.25, 0.3) is 0 Å². The number of rotatable bonds is 8. The van der Waals surface area contributed by atoms with Gasteiger partial charge in [-0.2, -0.15) is 0 Å². The number of hydrogen-bond donors (Lipinski definition) is 2. The van der Waals surface area contributed by atoms with Gasteiger partial charge in [0.1, 0.15) is 6.10 Å². The fourth-order valence-corrected chi connectivity index (χ4v) is 3.36. The summed E-state index contributed by atoms with van der Waals surface area (Å²) >= 11 is 0. The molecule has 1 unspecified atom stereocenters. The predicted octanol–water partition coefficient (Wildman–Crippen LogP) is 1.55. The summed E-state index contributed by atoms with van der Waals surface area (Å²) in [4.78, 5) is 20.8. The molecule has 9 heteroatoms. The lowest BCUT2D eigenvalue weighted by Crippen LogP contribution is -2.54. The fraction of sp³-hybridized carbons (Fsp3) is 0.619. The monoisotopic (exact) mass is 531 g/mol. The molecule has 1 amide bonds. The number of nitrogens with zero attached hydrogens (tertiary/aromatic N) is 3. The molecule has 1 heterocycles. The predicted molar refractivity (Wildman–Crippen MR) is 129 cm³/mol. The molecule has 0 radical (unpaired) electrons. The first kappa shape index (κ1) is 24.5. The van der Waals surface area contributed by atoms with Gasteiger partial charge in [0.05, 0.1) is 20.2 Å². The van der Waals surface area contributed by atoms with Crippen LogP contribution in [-0.2, 0) is 4.79 Å². The van der Waals surface area contributed by atoms with Gasteiger partial charge in [-0.05, 0) is 31.9 Å². The maximum atomic E-state index is 12.0. The largest absolute Gasteiger partial charge is 0.493 e. The number of halogens is 1. The summed E-state index contributed by atoms with van der Waals surface area (Å²) in [5, 5.41) is 6.45. The Morgan fingerprint density at radius 2 is 1.87 bits per heavy atom. The summed E-state index contributed by atoms with van der Waals surface area (Å²) in [6.45, 7) is 6.53. The van der Waals surface area contributed by atoms with Gasteiger partial charge in [-0.25, -0.2) is 0 Å². The molecule has 2 aliphatic rings. The molecule has 1 saturated carbocycles. The van der Waals surface area contributed by atoms with Crippen LogP contribution in [0.3, 0.4) is 0 Å². The Balaban J connectivity index is 0.00000320. The van der Waals surface area contributed by atoms with Gasteiger partial charge in [-0.1, -0.05) is 12.1 Å². The third-order valence-electron chi connectivity index (χ3n) is 5.14. The van der Waals surface area contributed by atoms with Crippen molar-refractivity contribution in [1.82, 2.24) is 20.4 Å². The molecule has 0 aromatic heterocycles. The second-order valence-corrected chi connectivity index (χ2v) is 7.61. The highest BCUT2D eigenvalue weighted by molar-refractivity contribution is 14.0. The summed E-state index contributed by atoms with van der Waals surface area (Å²) < 4.78 is 11.3. The molecule has 8 nitrogen and oxygen atoms in total. The van der Waals surface area contributed by atoms with Crippen molar-refractivity contribution in [3.05, 3.63) is 24.3 Å². The number of methoxy groups -OCH3 is 1. The van der Waals surface area contributed by atoms with Crippen LogP contribution in [0.4, 0.5) is 0 Å². The maximum Gasteiger partial charge on any atom is 0.234 e. The van der Waals surface area contributed by atoms with Gasteiger partial charge < -0.3 is 25.0 Å². The zero-order chi connectivity index (χ0) is 20.6. The quantitative estimate of drug-likeness (QED) is 0.301. The number of para-hydroxylation sites is 2. The van der Waals surface area contributed by atoms with Gasteiger partial charge in [-0.15, -0.1) is 24.0 Å². The zero-order valence-corrected chi connectivity index (χ0v) is 20.4. The number of ether oxygens (including phenoxy) is 2. The summed E-state index contributed by atoms with van der Waals surface area (Å²) in [5.74, 6) is 2.47. The van der Waals surface area contributed by atoms with Gasteiger partial charge in [0, 0.05) is 39.3 Å². The van der Waals surface area contributed by atoms with Crippen LogP contribution in [0.15, 0.2) is 29.3 Å². The number of aliphatic imine (C=N–C) groups is 1. The second kappa shape index (κ2) is 12.2. The molecule has 168 valence electrons. The summed E-state index contributed by atoms with van der Waals surface area (Å²) in [7, 11) is 3.44. The van der Waals surface area contributed by atoms with Crippen molar-refractivity contribution >= 4 is 35.8 Å². The lowest BCUT2D eigenvalue weighted by Gasteiger charge is -2.36. The molecule has 1 aromatic rings. The molecule has 1 saturated heterocycles. The van der Waals surface area contributed by atoms with Crippen LogP contribution >= 0.6 is 24.0 Å². The van der Waals surface area contributed by atoms with Crippen molar-refractivity contribution in [2.75, 3.05) is 53.4 Å². The molecule has 1 aliphatic heterocycles. The molecule has 2 fully saturated rings. The number of nitrogens with one attached hydrogen (secondary N) is 2. The average molecular weight is 531 g/mol. The Morgan fingerprint density at radius 1 is 1.20 bits per heavy atom. The molecule has 30 heavy (non-hydrogen) atoms. The van der Waals surface area contributed by atoms with E-state index in [9.17, 15) is 4.79 Å². The van der Waals surface area contributed by atoms with Gasteiger partial charge in [0.15, 0.2) is 17.5 Å². The standard InChI is InChI=1S/C21H33N5O3.HI/c1-16(29-19-7-5-4-6-18(19)28-3)14-23-21(22-2)26-12-10-25(11-13-26)15-20(27)24-17-8-9-17;/h4-7,16-17H,8-15H2,1-3H3,(H,22,23)(H,24,27);1H. The fourth-order valence-electron chi connectivity index (χ4n) is 3.36. The van der Waals surface area contributed by atoms with Gasteiger partial charge in [0.2, 0.25) is 5.91 Å². The minimum atomic E-state index is -0.0459. The van der Waals surface area contributed by atoms with E-state index in [1.165, 1.54) is 0 Å². The van der Waals surface area contributed by atoms with Crippen molar-refractivity contribution in [1.29, 1.82) is 0 Å². The molecule has 0 bridgehead atoms. The topological polar surface area (TPSA) is 78.4 Å². The van der Waals surface area contributed by atoms with E-state index in [-0.39, 0.29) is 36.0 Å². The highest BCUT2D eigenvalue weighted by Crippen LogP contribution is 2.26. The number of hydrogen-bond acceptors (Lipinski definition) is 5. The van der Waals surface area contributed by atoms with Crippen LogP contribution in [0.2, 0.25) is 0 Å². The van der Waals surface area contributed by atoms with E-state index in [4.69, 9.17) is 9.47 Å². The normalized spacial score (nSPS) is 18.2. The molecular formula is C21H34IN5O3. The molecule has 3 rings (SSSR count). The van der Waals surface area contributed by atoms with Crippen LogP contribution in [0, 0.1) is 0 Å². The van der Waals surface area contributed by atoms with Gasteiger partial charge in [-0.3, -0.25) is 14.7 Å². The van der Waals surface area contributed by atoms with Crippen LogP contribution in [-0.4, -0.2) is 87.2 Å². The minimum Gasteiger partial charge on any atom is -0.493 e. The second-order valence-electron chi connectivity index (χ2n) is 7.61. The van der Waals surface area contributed by atoms with Crippen molar-refractivity contribution in [2.24, 2.45) is 4.99 Å². The number of guanidine groups is 1. The summed E-state index contributed by atoms with van der Waals surface area (Å²) in [6.07, 6.45) is 2.21. The first-order valence-electron chi connectivity index (χ1n) is 10.4. The molecule has 2 N–H and O–H groups in total. The van der Waals surface area contributed by atoms with Crippen LogP contribution < -0.4 is 20.1 Å². The SMILES string of the molecule is CN=C(NCC(C)Oc1ccccc1OC)N1CCN(CC(=O)NC2CC2)CC1.I. The highest BCUT2D eigenvalue weighted by atomic mass is 127. The number of carbonyl (C=O) groups excluding carboxylic acids is 1. The lowest BCUT2D eigenvalue weighted by atomic mass is 10.3. The van der Waals surface area contributed by atoms with E-state index in [0.29, 0.717) is 19.1 Å². The number of benzene rings is 1. The highest BCUT2D eigenvalue weighted by Gasteiger charge is 2.26. The lowest BCUT2D eigenvalue weighted by molar-refractivity contribution is -0.122. The Hall–Kier alpha value is -1.75. The van der Waals surface area contributed by atoms with Gasteiger partial charge >= 0.3 is 0 Å². The Morgan fingerprint density at radius 3 is 2.47 bits per heavy atom. The summed E-state index contributed by atoms with van der Waals surface area (Å²) in [5.41, 5.74) is 0. The Kier molecular flexibility index (Phi) is 9.96. The van der Waals surface area contributed by atoms with E-state index in [0.717, 1.165) is 56.5 Å². The molecular weight excluding hydrogens is 497 g/mol. The van der Waals surface area contributed by atoms with E-state index < -0.39 is 0 Å². The molecule has 1 aliphatic carbocycles. The number of piperazine rings is 1. The molecule has 0 spiro atoms. The first-order valence-corrected chi connectivity index (χ1v) is 10.4. The smallest absolute Gasteiger partial charge is 0.234 e. The Bertz CT molecular complexity index is 706. The minimum absolute atomic E-state index is 0. The van der Waals surface area contributed by atoms with E-state index >= 15 is 0 Å². The maximum absolute atomic E-state index is 12.0. The van der Waals surface area contributed by atoms with Crippen molar-refractivity contribution < 1.29 is 14.3 Å². The molecule has 1 aromatic carbocycles. The average Bonchev–Trinajstić information content (AvgIpc) is 3.54. The van der Waals surface area contributed by atoms with E-state index in [1.807, 2.05) is 31.2 Å². The van der Waals surface area contributed by atoms with Crippen molar-refractivity contribution in [3.63, 3.8) is 0 Å². The zero-order valence-electron chi connectivity index (χ0n) is 18.1. The molecule has 1 atom stereocenters. The van der Waals surface area contributed by atoms with Crippen LogP contribution in [0.25, 0.3) is 0 Å². The third-order valence-corrected chi connectivity index (χ3v) is 5.14. The van der Waals surface area contributed by atoms with Crippen molar-refractivity contribution in [2.45, 2.75) is 31.9 Å². The number of carbonyl (C=O) groups is 1. The number of amides is 1. The van der Waals surface area contributed by atoms with Crippen LogP contribution in [0.1, 0.15) is 19.8 Å². The third kappa shape index (κ3) is 7.50. The van der Waals surface area contributed by atoms with E-state index in [2.05, 4.69) is 25.4 Å².